The quantitative estimate of drug-likeness (QED) is 0.666. The molecule has 2 aromatic carbocycles. The molecular weight excluding hydrogens is 411 g/mol. The van der Waals surface area contributed by atoms with Gasteiger partial charge in [-0.3, -0.25) is 9.69 Å². The van der Waals surface area contributed by atoms with E-state index in [-0.39, 0.29) is 23.6 Å². The number of halogens is 1. The van der Waals surface area contributed by atoms with Crippen LogP contribution in [-0.2, 0) is 11.2 Å². The van der Waals surface area contributed by atoms with Gasteiger partial charge >= 0.3 is 0 Å². The van der Waals surface area contributed by atoms with Crippen molar-refractivity contribution in [3.63, 3.8) is 0 Å². The van der Waals surface area contributed by atoms with Gasteiger partial charge in [-0.2, -0.15) is 0 Å². The fourth-order valence-corrected chi connectivity index (χ4v) is 5.51. The maximum atomic E-state index is 14.6. The van der Waals surface area contributed by atoms with Crippen LogP contribution in [0.4, 0.5) is 10.1 Å². The molecule has 1 saturated heterocycles. The van der Waals surface area contributed by atoms with Crippen molar-refractivity contribution < 1.29 is 24.1 Å². The first-order chi connectivity index (χ1) is 15.4. The molecule has 0 spiro atoms. The number of likely N-dealkylation sites (tertiary alicyclic amines) is 1. The third kappa shape index (κ3) is 4.25. The topological polar surface area (TPSA) is 82.0 Å². The number of benzene rings is 2. The molecule has 3 aliphatic rings. The zero-order chi connectivity index (χ0) is 22.3. The van der Waals surface area contributed by atoms with Gasteiger partial charge in [0.2, 0.25) is 5.91 Å². The number of amides is 1. The first-order valence-electron chi connectivity index (χ1n) is 11.4. The lowest BCUT2D eigenvalue weighted by atomic mass is 9.95. The first kappa shape index (κ1) is 21.4. The molecule has 2 aromatic rings. The summed E-state index contributed by atoms with van der Waals surface area (Å²) in [7, 11) is 0. The molecule has 7 heteroatoms. The molecule has 6 nitrogen and oxygen atoms in total. The number of β-amino-alcohol motifs (C(OH)–C–C–N with tert-alkyl or cyclic N) is 2. The van der Waals surface area contributed by atoms with Gasteiger partial charge in [0, 0.05) is 38.4 Å². The Labute approximate surface area is 187 Å². The molecule has 170 valence electrons. The minimum atomic E-state index is -0.868. The Morgan fingerprint density at radius 1 is 1.25 bits per heavy atom. The van der Waals surface area contributed by atoms with Crippen LogP contribution in [0.2, 0.25) is 0 Å². The van der Waals surface area contributed by atoms with Gasteiger partial charge in [0.25, 0.3) is 0 Å². The van der Waals surface area contributed by atoms with Gasteiger partial charge in [-0.1, -0.05) is 24.3 Å². The lowest BCUT2D eigenvalue weighted by Gasteiger charge is -2.25. The number of aliphatic hydroxyl groups excluding tert-OH is 1. The molecule has 2 aliphatic heterocycles. The maximum Gasteiger partial charge on any atom is 0.224 e. The summed E-state index contributed by atoms with van der Waals surface area (Å²) >= 11 is 0. The van der Waals surface area contributed by atoms with Crippen molar-refractivity contribution in [2.24, 2.45) is 5.92 Å². The highest BCUT2D eigenvalue weighted by molar-refractivity contribution is 5.92. The number of anilines is 1. The summed E-state index contributed by atoms with van der Waals surface area (Å²) in [5.41, 5.74) is 0.634. The van der Waals surface area contributed by atoms with E-state index in [1.165, 1.54) is 6.07 Å². The number of carbonyl (C=O) groups excluding carboxylic acids is 1. The predicted octanol–water partition coefficient (Wildman–Crippen LogP) is 3.04. The number of nitrogens with one attached hydrogen (secondary N) is 1. The average Bonchev–Trinajstić information content (AvgIpc) is 3.11. The Morgan fingerprint density at radius 2 is 2.06 bits per heavy atom. The van der Waals surface area contributed by atoms with E-state index in [0.29, 0.717) is 50.9 Å². The molecule has 2 heterocycles. The highest BCUT2D eigenvalue weighted by atomic mass is 19.1. The van der Waals surface area contributed by atoms with Gasteiger partial charge in [0.05, 0.1) is 17.4 Å². The van der Waals surface area contributed by atoms with Crippen LogP contribution in [0, 0.1) is 11.7 Å². The molecule has 0 radical (unpaired) electrons. The Hall–Kier alpha value is -2.48. The summed E-state index contributed by atoms with van der Waals surface area (Å²) in [4.78, 5) is 13.8. The predicted molar refractivity (Wildman–Crippen MR) is 118 cm³/mol. The number of para-hydroxylation sites is 1. The van der Waals surface area contributed by atoms with Crippen molar-refractivity contribution in [1.82, 2.24) is 4.90 Å². The van der Waals surface area contributed by atoms with Crippen LogP contribution in [0.15, 0.2) is 42.5 Å². The van der Waals surface area contributed by atoms with Crippen molar-refractivity contribution in [1.29, 1.82) is 0 Å². The van der Waals surface area contributed by atoms with Crippen molar-refractivity contribution in [3.05, 3.63) is 59.4 Å². The summed E-state index contributed by atoms with van der Waals surface area (Å²) in [6.45, 7) is 1.46. The number of rotatable bonds is 5. The fraction of sp³-hybridized carbons (Fsp3) is 0.480. The largest absolute Gasteiger partial charge is 0.490 e. The molecule has 3 N–H and O–H groups in total. The monoisotopic (exact) mass is 440 g/mol. The van der Waals surface area contributed by atoms with E-state index in [4.69, 9.17) is 4.74 Å². The Bertz CT molecular complexity index is 1000. The molecule has 2 fully saturated rings. The van der Waals surface area contributed by atoms with E-state index < -0.39 is 17.5 Å². The average molecular weight is 441 g/mol. The first-order valence-corrected chi connectivity index (χ1v) is 11.4. The van der Waals surface area contributed by atoms with Crippen molar-refractivity contribution in [2.45, 2.75) is 49.9 Å². The molecule has 0 bridgehead atoms. The molecule has 1 saturated carbocycles. The second-order valence-corrected chi connectivity index (χ2v) is 9.44. The van der Waals surface area contributed by atoms with Crippen molar-refractivity contribution in [3.8, 4) is 5.75 Å². The van der Waals surface area contributed by atoms with Crippen LogP contribution in [0.3, 0.4) is 0 Å². The second-order valence-electron chi connectivity index (χ2n) is 9.44. The van der Waals surface area contributed by atoms with Crippen LogP contribution in [0.5, 0.6) is 5.75 Å². The smallest absolute Gasteiger partial charge is 0.224 e. The number of carbonyl (C=O) groups is 1. The third-order valence-corrected chi connectivity index (χ3v) is 7.03. The SMILES string of the molecule is O=C1CCCc2cc(C(O)CN3C[C@H]4C[C@H](Oc5ccccc5)C[C@@]4(O)C3)cc(F)c2N1. The lowest BCUT2D eigenvalue weighted by molar-refractivity contribution is -0.116. The summed E-state index contributed by atoms with van der Waals surface area (Å²) in [5, 5.41) is 24.6. The van der Waals surface area contributed by atoms with E-state index >= 15 is 0 Å². The summed E-state index contributed by atoms with van der Waals surface area (Å²) in [6, 6.07) is 12.8. The minimum absolute atomic E-state index is 0.0200. The second kappa shape index (κ2) is 8.46. The molecule has 1 unspecified atom stereocenters. The number of hydrogen-bond donors (Lipinski definition) is 3. The Kier molecular flexibility index (Phi) is 5.65. The van der Waals surface area contributed by atoms with E-state index in [1.807, 2.05) is 30.3 Å². The molecule has 0 aromatic heterocycles. The minimum Gasteiger partial charge on any atom is -0.490 e. The lowest BCUT2D eigenvalue weighted by Crippen LogP contribution is -2.36. The van der Waals surface area contributed by atoms with Crippen LogP contribution in [0.25, 0.3) is 0 Å². The van der Waals surface area contributed by atoms with Crippen molar-refractivity contribution in [2.75, 3.05) is 25.0 Å². The van der Waals surface area contributed by atoms with Crippen molar-refractivity contribution >= 4 is 11.6 Å². The zero-order valence-corrected chi connectivity index (χ0v) is 18.0. The van der Waals surface area contributed by atoms with Gasteiger partial charge < -0.3 is 20.3 Å². The van der Waals surface area contributed by atoms with Gasteiger partial charge in [0.1, 0.15) is 17.7 Å². The fourth-order valence-electron chi connectivity index (χ4n) is 5.51. The van der Waals surface area contributed by atoms with E-state index in [0.717, 1.165) is 17.7 Å². The summed E-state index contributed by atoms with van der Waals surface area (Å²) < 4.78 is 20.7. The van der Waals surface area contributed by atoms with E-state index in [2.05, 4.69) is 10.2 Å². The number of aliphatic hydroxyl groups is 2. The standard InChI is InChI=1S/C25H29FN2O4/c26-21-10-17(9-16-5-4-8-23(30)27-24(16)21)22(29)14-28-13-18-11-20(12-25(18,31)15-28)32-19-6-2-1-3-7-19/h1-3,6-7,9-10,18,20,22,29,31H,4-5,8,11-15H2,(H,27,30)/t18-,20+,22?,25-/m1/s1. The molecule has 4 atom stereocenters. The van der Waals surface area contributed by atoms with Crippen LogP contribution < -0.4 is 10.1 Å². The maximum absolute atomic E-state index is 14.6. The van der Waals surface area contributed by atoms with E-state index in [1.54, 1.807) is 6.07 Å². The van der Waals surface area contributed by atoms with Crippen LogP contribution in [0.1, 0.15) is 42.9 Å². The number of hydrogen-bond acceptors (Lipinski definition) is 5. The number of aryl methyl sites for hydroxylation is 1. The third-order valence-electron chi connectivity index (χ3n) is 7.03. The molecular formula is C25H29FN2O4. The van der Waals surface area contributed by atoms with Gasteiger partial charge in [-0.15, -0.1) is 0 Å². The Morgan fingerprint density at radius 3 is 2.84 bits per heavy atom. The Balaban J connectivity index is 1.22. The van der Waals surface area contributed by atoms with Crippen LogP contribution in [-0.4, -0.2) is 52.4 Å². The number of nitrogens with zero attached hydrogens (tertiary/aromatic N) is 1. The molecule has 1 aliphatic carbocycles. The van der Waals surface area contributed by atoms with Gasteiger partial charge in [0.15, 0.2) is 0 Å². The normalized spacial score (nSPS) is 28.5. The highest BCUT2D eigenvalue weighted by Crippen LogP contribution is 2.43. The van der Waals surface area contributed by atoms with Crippen LogP contribution >= 0.6 is 0 Å². The number of ether oxygens (including phenoxy) is 1. The molecule has 32 heavy (non-hydrogen) atoms. The van der Waals surface area contributed by atoms with Gasteiger partial charge in [-0.05, 0) is 48.6 Å². The molecule has 1 amide bonds. The van der Waals surface area contributed by atoms with Gasteiger partial charge in [-0.25, -0.2) is 4.39 Å². The number of fused-ring (bicyclic) bond motifs is 2. The highest BCUT2D eigenvalue weighted by Gasteiger charge is 2.52. The summed E-state index contributed by atoms with van der Waals surface area (Å²) in [6.07, 6.45) is 2.07. The zero-order valence-electron chi connectivity index (χ0n) is 18.0. The summed E-state index contributed by atoms with van der Waals surface area (Å²) in [5.74, 6) is 0.212. The van der Waals surface area contributed by atoms with E-state index in [9.17, 15) is 19.4 Å². The molecule has 5 rings (SSSR count).